The van der Waals surface area contributed by atoms with Crippen molar-refractivity contribution >= 4 is 5.91 Å². The SMILES string of the molecule is O=C(NCCc1ccc(CO)cc1)c1cc(OCC(F)F)ccn1. The largest absolute Gasteiger partial charge is 0.488 e. The van der Waals surface area contributed by atoms with Crippen molar-refractivity contribution in [1.82, 2.24) is 10.3 Å². The predicted octanol–water partition coefficient (Wildman–Crippen LogP) is 2.19. The zero-order chi connectivity index (χ0) is 17.4. The van der Waals surface area contributed by atoms with E-state index in [2.05, 4.69) is 10.3 Å². The highest BCUT2D eigenvalue weighted by molar-refractivity contribution is 5.92. The molecule has 5 nitrogen and oxygen atoms in total. The van der Waals surface area contributed by atoms with Gasteiger partial charge in [-0.05, 0) is 23.6 Å². The second-order valence-electron chi connectivity index (χ2n) is 5.06. The van der Waals surface area contributed by atoms with E-state index in [9.17, 15) is 13.6 Å². The van der Waals surface area contributed by atoms with Gasteiger partial charge in [0, 0.05) is 18.8 Å². The molecule has 0 aliphatic heterocycles. The number of rotatable bonds is 8. The Bertz CT molecular complexity index is 663. The fraction of sp³-hybridized carbons (Fsp3) is 0.294. The number of carbonyl (C=O) groups is 1. The van der Waals surface area contributed by atoms with Crippen molar-refractivity contribution in [3.63, 3.8) is 0 Å². The van der Waals surface area contributed by atoms with Crippen LogP contribution < -0.4 is 10.1 Å². The van der Waals surface area contributed by atoms with Crippen LogP contribution in [0.5, 0.6) is 5.75 Å². The minimum absolute atomic E-state index is 0.00729. The Morgan fingerprint density at radius 2 is 1.92 bits per heavy atom. The summed E-state index contributed by atoms with van der Waals surface area (Å²) in [4.78, 5) is 15.9. The standard InChI is InChI=1S/C17H18F2N2O3/c18-16(19)11-24-14-6-8-20-15(9-14)17(23)21-7-5-12-1-3-13(10-22)4-2-12/h1-4,6,8-9,16,22H,5,7,10-11H2,(H,21,23). The number of hydrogen-bond acceptors (Lipinski definition) is 4. The maximum Gasteiger partial charge on any atom is 0.272 e. The summed E-state index contributed by atoms with van der Waals surface area (Å²) in [6.07, 6.45) is -0.616. The van der Waals surface area contributed by atoms with Crippen molar-refractivity contribution in [1.29, 1.82) is 0 Å². The number of ether oxygens (including phenoxy) is 1. The molecule has 1 amide bonds. The molecule has 1 aromatic carbocycles. The number of alkyl halides is 2. The van der Waals surface area contributed by atoms with Crippen LogP contribution in [0.15, 0.2) is 42.6 Å². The molecule has 2 N–H and O–H groups in total. The van der Waals surface area contributed by atoms with Crippen molar-refractivity contribution in [3.8, 4) is 5.75 Å². The molecule has 0 bridgehead atoms. The molecular formula is C17H18F2N2O3. The molecule has 0 aliphatic rings. The number of carbonyl (C=O) groups excluding carboxylic acids is 1. The number of aliphatic hydroxyl groups excluding tert-OH is 1. The summed E-state index contributed by atoms with van der Waals surface area (Å²) in [5.41, 5.74) is 1.96. The van der Waals surface area contributed by atoms with Crippen LogP contribution in [-0.4, -0.2) is 35.6 Å². The lowest BCUT2D eigenvalue weighted by atomic mass is 10.1. The van der Waals surface area contributed by atoms with Gasteiger partial charge in [0.05, 0.1) is 6.61 Å². The van der Waals surface area contributed by atoms with Crippen LogP contribution >= 0.6 is 0 Å². The molecule has 0 fully saturated rings. The number of halogens is 2. The molecule has 0 aliphatic carbocycles. The molecule has 0 unspecified atom stereocenters. The molecule has 2 aromatic rings. The van der Waals surface area contributed by atoms with E-state index in [4.69, 9.17) is 9.84 Å². The summed E-state index contributed by atoms with van der Waals surface area (Å²) < 4.78 is 29.1. The molecule has 2 rings (SSSR count). The Kier molecular flexibility index (Phi) is 6.62. The highest BCUT2D eigenvalue weighted by Gasteiger charge is 2.09. The van der Waals surface area contributed by atoms with Crippen molar-refractivity contribution in [3.05, 3.63) is 59.4 Å². The van der Waals surface area contributed by atoms with Crippen molar-refractivity contribution in [2.24, 2.45) is 0 Å². The quantitative estimate of drug-likeness (QED) is 0.775. The molecule has 1 heterocycles. The summed E-state index contributed by atoms with van der Waals surface area (Å²) in [6, 6.07) is 10.2. The van der Waals surface area contributed by atoms with Crippen LogP contribution in [0.2, 0.25) is 0 Å². The summed E-state index contributed by atoms with van der Waals surface area (Å²) in [7, 11) is 0. The van der Waals surface area contributed by atoms with Gasteiger partial charge in [-0.15, -0.1) is 0 Å². The van der Waals surface area contributed by atoms with E-state index in [0.29, 0.717) is 13.0 Å². The Morgan fingerprint density at radius 1 is 1.21 bits per heavy atom. The van der Waals surface area contributed by atoms with Gasteiger partial charge in [-0.3, -0.25) is 9.78 Å². The second kappa shape index (κ2) is 8.93. The Labute approximate surface area is 138 Å². The summed E-state index contributed by atoms with van der Waals surface area (Å²) >= 11 is 0. The van der Waals surface area contributed by atoms with Gasteiger partial charge < -0.3 is 15.2 Å². The lowest BCUT2D eigenvalue weighted by Gasteiger charge is -2.08. The van der Waals surface area contributed by atoms with Crippen LogP contribution in [0.4, 0.5) is 8.78 Å². The molecule has 0 radical (unpaired) electrons. The maximum atomic E-state index is 12.1. The molecule has 0 spiro atoms. The Balaban J connectivity index is 1.84. The lowest BCUT2D eigenvalue weighted by molar-refractivity contribution is 0.0817. The van der Waals surface area contributed by atoms with Crippen LogP contribution in [0.3, 0.4) is 0 Å². The van der Waals surface area contributed by atoms with Gasteiger partial charge in [-0.25, -0.2) is 8.78 Å². The first-order valence-corrected chi connectivity index (χ1v) is 7.42. The van der Waals surface area contributed by atoms with Gasteiger partial charge in [0.1, 0.15) is 18.1 Å². The van der Waals surface area contributed by atoms with E-state index in [1.165, 1.54) is 18.3 Å². The Hall–Kier alpha value is -2.54. The summed E-state index contributed by atoms with van der Waals surface area (Å²) in [6.45, 7) is -0.331. The fourth-order valence-electron chi connectivity index (χ4n) is 2.01. The first-order chi connectivity index (χ1) is 11.6. The molecule has 1 aromatic heterocycles. The molecule has 128 valence electrons. The van der Waals surface area contributed by atoms with Gasteiger partial charge in [-0.2, -0.15) is 0 Å². The number of aromatic nitrogens is 1. The predicted molar refractivity (Wildman–Crippen MR) is 84.1 cm³/mol. The van der Waals surface area contributed by atoms with Crippen molar-refractivity contribution < 1.29 is 23.4 Å². The van der Waals surface area contributed by atoms with Crippen LogP contribution in [0, 0.1) is 0 Å². The van der Waals surface area contributed by atoms with Gasteiger partial charge in [-0.1, -0.05) is 24.3 Å². The van der Waals surface area contributed by atoms with E-state index >= 15 is 0 Å². The maximum absolute atomic E-state index is 12.1. The minimum Gasteiger partial charge on any atom is -0.488 e. The molecule has 24 heavy (non-hydrogen) atoms. The normalized spacial score (nSPS) is 10.7. The molecular weight excluding hydrogens is 318 g/mol. The number of aliphatic hydroxyl groups is 1. The van der Waals surface area contributed by atoms with Crippen molar-refractivity contribution in [2.75, 3.05) is 13.2 Å². The number of nitrogens with one attached hydrogen (secondary N) is 1. The number of nitrogens with zero attached hydrogens (tertiary/aromatic N) is 1. The molecule has 0 saturated carbocycles. The Morgan fingerprint density at radius 3 is 2.58 bits per heavy atom. The topological polar surface area (TPSA) is 71.5 Å². The molecule has 0 atom stereocenters. The third-order valence-corrected chi connectivity index (χ3v) is 3.24. The fourth-order valence-corrected chi connectivity index (χ4v) is 2.01. The second-order valence-corrected chi connectivity index (χ2v) is 5.06. The number of benzene rings is 1. The summed E-state index contributed by atoms with van der Waals surface area (Å²) in [5.74, 6) is -0.223. The molecule has 0 saturated heterocycles. The third kappa shape index (κ3) is 5.58. The highest BCUT2D eigenvalue weighted by atomic mass is 19.3. The first kappa shape index (κ1) is 17.8. The van der Waals surface area contributed by atoms with Gasteiger partial charge in [0.15, 0.2) is 0 Å². The van der Waals surface area contributed by atoms with Gasteiger partial charge >= 0.3 is 0 Å². The lowest BCUT2D eigenvalue weighted by Crippen LogP contribution is -2.26. The van der Waals surface area contributed by atoms with E-state index in [-0.39, 0.29) is 18.1 Å². The zero-order valence-electron chi connectivity index (χ0n) is 12.9. The zero-order valence-corrected chi connectivity index (χ0v) is 12.9. The average Bonchev–Trinajstić information content (AvgIpc) is 2.60. The summed E-state index contributed by atoms with van der Waals surface area (Å²) in [5, 5.41) is 11.7. The third-order valence-electron chi connectivity index (χ3n) is 3.24. The van der Waals surface area contributed by atoms with E-state index in [1.807, 2.05) is 24.3 Å². The van der Waals surface area contributed by atoms with E-state index < -0.39 is 18.9 Å². The molecule has 7 heteroatoms. The van der Waals surface area contributed by atoms with Crippen LogP contribution in [0.25, 0.3) is 0 Å². The van der Waals surface area contributed by atoms with E-state index in [1.54, 1.807) is 0 Å². The van der Waals surface area contributed by atoms with E-state index in [0.717, 1.165) is 11.1 Å². The number of pyridine rings is 1. The van der Waals surface area contributed by atoms with Crippen LogP contribution in [-0.2, 0) is 13.0 Å². The van der Waals surface area contributed by atoms with Gasteiger partial charge in [0.2, 0.25) is 0 Å². The minimum atomic E-state index is -2.58. The number of hydrogen-bond donors (Lipinski definition) is 2. The monoisotopic (exact) mass is 336 g/mol. The van der Waals surface area contributed by atoms with Gasteiger partial charge in [0.25, 0.3) is 12.3 Å². The van der Waals surface area contributed by atoms with Crippen molar-refractivity contribution in [2.45, 2.75) is 19.5 Å². The smallest absolute Gasteiger partial charge is 0.272 e. The first-order valence-electron chi connectivity index (χ1n) is 7.42. The average molecular weight is 336 g/mol. The van der Waals surface area contributed by atoms with Crippen LogP contribution in [0.1, 0.15) is 21.6 Å². The highest BCUT2D eigenvalue weighted by Crippen LogP contribution is 2.12. The number of amides is 1.